The maximum absolute atomic E-state index is 5.78. The van der Waals surface area contributed by atoms with Crippen molar-refractivity contribution < 1.29 is 4.74 Å². The molecule has 0 N–H and O–H groups in total. The molecule has 0 saturated carbocycles. The van der Waals surface area contributed by atoms with Gasteiger partial charge in [0.25, 0.3) is 0 Å². The van der Waals surface area contributed by atoms with Gasteiger partial charge in [-0.15, -0.1) is 0 Å². The van der Waals surface area contributed by atoms with Gasteiger partial charge in [0.15, 0.2) is 0 Å². The summed E-state index contributed by atoms with van der Waals surface area (Å²) in [7, 11) is 0. The number of pyridine rings is 1. The van der Waals surface area contributed by atoms with Gasteiger partial charge in [-0.3, -0.25) is 0 Å². The van der Waals surface area contributed by atoms with Gasteiger partial charge in [-0.25, -0.2) is 9.98 Å². The van der Waals surface area contributed by atoms with Crippen LogP contribution in [0, 0.1) is 5.41 Å². The van der Waals surface area contributed by atoms with Gasteiger partial charge in [0.05, 0.1) is 11.1 Å². The molecule has 1 aromatic heterocycles. The molecule has 0 aliphatic carbocycles. The van der Waals surface area contributed by atoms with E-state index in [4.69, 9.17) is 16.3 Å². The van der Waals surface area contributed by atoms with Crippen LogP contribution in [-0.2, 0) is 4.74 Å². The summed E-state index contributed by atoms with van der Waals surface area (Å²) >= 11 is 5.78. The van der Waals surface area contributed by atoms with Crippen LogP contribution in [0.4, 0.5) is 0 Å². The molecule has 4 heteroatoms. The Kier molecular flexibility index (Phi) is 2.89. The number of ether oxygens (including phenoxy) is 1. The number of hydrogen-bond acceptors (Lipinski definition) is 3. The van der Waals surface area contributed by atoms with Crippen LogP contribution in [-0.4, -0.2) is 23.5 Å². The van der Waals surface area contributed by atoms with E-state index in [1.807, 2.05) is 6.07 Å². The minimum absolute atomic E-state index is 0.119. The standard InChI is InChI=1S/C12H15ClN2O/c1-12(2,3)10-7-16-11(15-10)9-5-4-8(13)6-14-9/h4-6,10H,7H2,1-3H3/t10-/m1/s1. The van der Waals surface area contributed by atoms with Gasteiger partial charge in [-0.05, 0) is 17.5 Å². The Morgan fingerprint density at radius 3 is 2.62 bits per heavy atom. The number of rotatable bonds is 1. The monoisotopic (exact) mass is 238 g/mol. The van der Waals surface area contributed by atoms with E-state index in [9.17, 15) is 0 Å². The molecule has 1 aromatic rings. The lowest BCUT2D eigenvalue weighted by Gasteiger charge is -2.21. The fourth-order valence-electron chi connectivity index (χ4n) is 1.46. The summed E-state index contributed by atoms with van der Waals surface area (Å²) in [6.45, 7) is 7.09. The summed E-state index contributed by atoms with van der Waals surface area (Å²) in [5.74, 6) is 0.622. The van der Waals surface area contributed by atoms with Crippen molar-refractivity contribution in [3.05, 3.63) is 29.0 Å². The van der Waals surface area contributed by atoms with Gasteiger partial charge in [-0.1, -0.05) is 32.4 Å². The van der Waals surface area contributed by atoms with Gasteiger partial charge >= 0.3 is 0 Å². The Hall–Kier alpha value is -1.09. The van der Waals surface area contributed by atoms with Crippen molar-refractivity contribution in [2.75, 3.05) is 6.61 Å². The molecule has 86 valence electrons. The van der Waals surface area contributed by atoms with Gasteiger partial charge < -0.3 is 4.74 Å². The Balaban J connectivity index is 2.21. The smallest absolute Gasteiger partial charge is 0.235 e. The average Bonchev–Trinajstić information content (AvgIpc) is 2.67. The summed E-state index contributed by atoms with van der Waals surface area (Å²) in [6.07, 6.45) is 1.60. The number of hydrogen-bond donors (Lipinski definition) is 0. The molecule has 0 saturated heterocycles. The molecule has 0 unspecified atom stereocenters. The van der Waals surface area contributed by atoms with E-state index < -0.39 is 0 Å². The third kappa shape index (κ3) is 2.35. The Labute approximate surface area is 101 Å². The zero-order valence-corrected chi connectivity index (χ0v) is 10.5. The van der Waals surface area contributed by atoms with Gasteiger partial charge in [-0.2, -0.15) is 0 Å². The second kappa shape index (κ2) is 4.06. The zero-order valence-electron chi connectivity index (χ0n) is 9.70. The van der Waals surface area contributed by atoms with E-state index in [2.05, 4.69) is 30.7 Å². The fraction of sp³-hybridized carbons (Fsp3) is 0.500. The third-order valence-corrected chi connectivity index (χ3v) is 2.82. The van der Waals surface area contributed by atoms with Crippen molar-refractivity contribution in [2.45, 2.75) is 26.8 Å². The maximum Gasteiger partial charge on any atom is 0.235 e. The summed E-state index contributed by atoms with van der Waals surface area (Å²) < 4.78 is 5.56. The minimum atomic E-state index is 0.119. The molecule has 16 heavy (non-hydrogen) atoms. The predicted octanol–water partition coefficient (Wildman–Crippen LogP) is 2.93. The van der Waals surface area contributed by atoms with E-state index in [0.29, 0.717) is 17.5 Å². The largest absolute Gasteiger partial charge is 0.474 e. The topological polar surface area (TPSA) is 34.5 Å². The van der Waals surface area contributed by atoms with Crippen LogP contribution in [0.3, 0.4) is 0 Å². The molecule has 2 heterocycles. The fourth-order valence-corrected chi connectivity index (χ4v) is 1.57. The van der Waals surface area contributed by atoms with Crippen LogP contribution in [0.1, 0.15) is 26.5 Å². The molecule has 0 aromatic carbocycles. The molecular weight excluding hydrogens is 224 g/mol. The SMILES string of the molecule is CC(C)(C)[C@H]1COC(c2ccc(Cl)cn2)=N1. The third-order valence-electron chi connectivity index (χ3n) is 2.60. The Bertz CT molecular complexity index is 406. The van der Waals surface area contributed by atoms with Crippen molar-refractivity contribution >= 4 is 17.5 Å². The highest BCUT2D eigenvalue weighted by atomic mass is 35.5. The van der Waals surface area contributed by atoms with E-state index in [1.54, 1.807) is 12.3 Å². The zero-order chi connectivity index (χ0) is 11.8. The van der Waals surface area contributed by atoms with Crippen molar-refractivity contribution in [3.8, 4) is 0 Å². The number of nitrogens with zero attached hydrogens (tertiary/aromatic N) is 2. The molecule has 0 spiro atoms. The van der Waals surface area contributed by atoms with Crippen molar-refractivity contribution in [1.29, 1.82) is 0 Å². The Morgan fingerprint density at radius 1 is 1.38 bits per heavy atom. The molecule has 3 nitrogen and oxygen atoms in total. The molecule has 1 aliphatic rings. The first-order valence-corrected chi connectivity index (χ1v) is 5.67. The summed E-state index contributed by atoms with van der Waals surface area (Å²) in [4.78, 5) is 8.74. The van der Waals surface area contributed by atoms with Gasteiger partial charge in [0.1, 0.15) is 12.3 Å². The second-order valence-corrected chi connectivity index (χ2v) is 5.43. The number of halogens is 1. The van der Waals surface area contributed by atoms with E-state index in [1.165, 1.54) is 0 Å². The van der Waals surface area contributed by atoms with Crippen LogP contribution < -0.4 is 0 Å². The minimum Gasteiger partial charge on any atom is -0.474 e. The molecule has 2 rings (SSSR count). The lowest BCUT2D eigenvalue weighted by Crippen LogP contribution is -2.25. The van der Waals surface area contributed by atoms with E-state index in [-0.39, 0.29) is 11.5 Å². The number of aromatic nitrogens is 1. The second-order valence-electron chi connectivity index (χ2n) is 4.99. The van der Waals surface area contributed by atoms with E-state index >= 15 is 0 Å². The summed E-state index contributed by atoms with van der Waals surface area (Å²) in [6, 6.07) is 3.81. The molecule has 1 aliphatic heterocycles. The molecular formula is C12H15ClN2O. The maximum atomic E-state index is 5.78. The van der Waals surface area contributed by atoms with Crippen molar-refractivity contribution in [1.82, 2.24) is 4.98 Å². The molecule has 1 atom stereocenters. The molecule has 0 amide bonds. The van der Waals surface area contributed by atoms with Crippen LogP contribution in [0.5, 0.6) is 0 Å². The van der Waals surface area contributed by atoms with Crippen LogP contribution in [0.2, 0.25) is 5.02 Å². The average molecular weight is 239 g/mol. The quantitative estimate of drug-likeness (QED) is 0.754. The van der Waals surface area contributed by atoms with Crippen LogP contribution in [0.15, 0.2) is 23.3 Å². The van der Waals surface area contributed by atoms with Crippen LogP contribution >= 0.6 is 11.6 Å². The lowest BCUT2D eigenvalue weighted by molar-refractivity contribution is 0.235. The normalized spacial score (nSPS) is 20.5. The van der Waals surface area contributed by atoms with Crippen molar-refractivity contribution in [3.63, 3.8) is 0 Å². The summed E-state index contributed by atoms with van der Waals surface area (Å²) in [5.41, 5.74) is 0.866. The Morgan fingerprint density at radius 2 is 2.12 bits per heavy atom. The first-order chi connectivity index (χ1) is 7.47. The molecule has 0 radical (unpaired) electrons. The van der Waals surface area contributed by atoms with Gasteiger partial charge in [0, 0.05) is 6.20 Å². The van der Waals surface area contributed by atoms with Crippen LogP contribution in [0.25, 0.3) is 0 Å². The van der Waals surface area contributed by atoms with Gasteiger partial charge in [0.2, 0.25) is 5.90 Å². The lowest BCUT2D eigenvalue weighted by atomic mass is 9.88. The molecule has 0 fully saturated rings. The first kappa shape index (κ1) is 11.4. The highest BCUT2D eigenvalue weighted by Gasteiger charge is 2.30. The highest BCUT2D eigenvalue weighted by Crippen LogP contribution is 2.27. The summed E-state index contributed by atoms with van der Waals surface area (Å²) in [5, 5.41) is 0.620. The first-order valence-electron chi connectivity index (χ1n) is 5.29. The van der Waals surface area contributed by atoms with Crippen molar-refractivity contribution in [2.24, 2.45) is 10.4 Å². The highest BCUT2D eigenvalue weighted by molar-refractivity contribution is 6.30. The number of aliphatic imine (C=N–C) groups is 1. The predicted molar refractivity (Wildman–Crippen MR) is 65.0 cm³/mol. The molecule has 0 bridgehead atoms. The van der Waals surface area contributed by atoms with E-state index in [0.717, 1.165) is 5.69 Å².